The van der Waals surface area contributed by atoms with E-state index < -0.39 is 0 Å². The fourth-order valence-corrected chi connectivity index (χ4v) is 3.76. The number of aromatic nitrogens is 2. The van der Waals surface area contributed by atoms with Gasteiger partial charge in [-0.2, -0.15) is 0 Å². The van der Waals surface area contributed by atoms with Crippen LogP contribution in [0.15, 0.2) is 15.9 Å². The number of rotatable bonds is 2. The molecule has 0 bridgehead atoms. The van der Waals surface area contributed by atoms with Gasteiger partial charge in [-0.3, -0.25) is 0 Å². The lowest BCUT2D eigenvalue weighted by atomic mass is 10.1. The Labute approximate surface area is 131 Å². The molecule has 0 atom stereocenters. The number of hydrogen-bond donors (Lipinski definition) is 0. The normalized spacial score (nSPS) is 11.2. The first-order valence-corrected chi connectivity index (χ1v) is 8.09. The van der Waals surface area contributed by atoms with Gasteiger partial charge in [0.25, 0.3) is 0 Å². The van der Waals surface area contributed by atoms with E-state index in [-0.39, 0.29) is 0 Å². The summed E-state index contributed by atoms with van der Waals surface area (Å²) >= 11 is 13.4. The fraction of sp³-hybridized carbons (Fsp3) is 0.273. The molecule has 17 heavy (non-hydrogen) atoms. The minimum atomic E-state index is 0.338. The van der Waals surface area contributed by atoms with Crippen LogP contribution in [0.3, 0.4) is 0 Å². The quantitative estimate of drug-likeness (QED) is 0.462. The van der Waals surface area contributed by atoms with Gasteiger partial charge in [-0.1, -0.05) is 25.4 Å². The SMILES string of the molecule is CC(C)c1nc(-c2cc(Br)cs2)nc(Cl)c1I. The molecule has 0 unspecified atom stereocenters. The van der Waals surface area contributed by atoms with Gasteiger partial charge in [0.05, 0.1) is 14.1 Å². The standard InChI is InChI=1S/C11H9BrClIN2S/c1-5(2)9-8(14)10(13)16-11(15-9)7-3-6(12)4-17-7/h3-5H,1-2H3. The molecule has 90 valence electrons. The summed E-state index contributed by atoms with van der Waals surface area (Å²) in [6, 6.07) is 2.01. The molecule has 0 saturated heterocycles. The Balaban J connectivity index is 2.56. The Morgan fingerprint density at radius 1 is 1.41 bits per heavy atom. The van der Waals surface area contributed by atoms with Crippen molar-refractivity contribution in [3.63, 3.8) is 0 Å². The third-order valence-electron chi connectivity index (χ3n) is 2.17. The first kappa shape index (κ1) is 13.7. The average molecular weight is 444 g/mol. The van der Waals surface area contributed by atoms with Crippen LogP contribution in [-0.2, 0) is 0 Å². The molecular weight excluding hydrogens is 434 g/mol. The molecule has 2 nitrogen and oxygen atoms in total. The van der Waals surface area contributed by atoms with Crippen molar-refractivity contribution in [1.82, 2.24) is 9.97 Å². The van der Waals surface area contributed by atoms with Crippen molar-refractivity contribution < 1.29 is 0 Å². The maximum absolute atomic E-state index is 6.15. The van der Waals surface area contributed by atoms with Crippen LogP contribution in [0.25, 0.3) is 10.7 Å². The van der Waals surface area contributed by atoms with Crippen LogP contribution >= 0.6 is 61.5 Å². The Morgan fingerprint density at radius 2 is 2.12 bits per heavy atom. The van der Waals surface area contributed by atoms with E-state index in [0.717, 1.165) is 18.6 Å². The molecule has 2 rings (SSSR count). The molecule has 0 aliphatic carbocycles. The van der Waals surface area contributed by atoms with E-state index in [0.29, 0.717) is 16.9 Å². The first-order valence-electron chi connectivity index (χ1n) is 4.96. The van der Waals surface area contributed by atoms with Gasteiger partial charge in [-0.05, 0) is 50.5 Å². The van der Waals surface area contributed by atoms with Crippen molar-refractivity contribution in [2.45, 2.75) is 19.8 Å². The molecule has 0 fully saturated rings. The average Bonchev–Trinajstić information content (AvgIpc) is 2.68. The Bertz CT molecular complexity index is 556. The molecule has 0 aromatic carbocycles. The summed E-state index contributed by atoms with van der Waals surface area (Å²) in [6.45, 7) is 4.21. The van der Waals surface area contributed by atoms with Crippen LogP contribution in [0.5, 0.6) is 0 Å². The highest BCUT2D eigenvalue weighted by Gasteiger charge is 2.15. The van der Waals surface area contributed by atoms with Crippen molar-refractivity contribution in [3.8, 4) is 10.7 Å². The molecule has 2 heterocycles. The molecule has 0 spiro atoms. The van der Waals surface area contributed by atoms with Gasteiger partial charge in [-0.25, -0.2) is 9.97 Å². The van der Waals surface area contributed by atoms with Crippen molar-refractivity contribution in [1.29, 1.82) is 0 Å². The Morgan fingerprint density at radius 3 is 2.65 bits per heavy atom. The maximum Gasteiger partial charge on any atom is 0.171 e. The molecule has 0 saturated carbocycles. The number of nitrogens with zero attached hydrogens (tertiary/aromatic N) is 2. The second kappa shape index (κ2) is 5.50. The monoisotopic (exact) mass is 442 g/mol. The first-order chi connectivity index (χ1) is 7.99. The van der Waals surface area contributed by atoms with Gasteiger partial charge < -0.3 is 0 Å². The lowest BCUT2D eigenvalue weighted by Crippen LogP contribution is -2.01. The summed E-state index contributed by atoms with van der Waals surface area (Å²) in [5.41, 5.74) is 1.00. The third-order valence-corrected chi connectivity index (χ3v) is 5.51. The molecule has 2 aromatic rings. The zero-order valence-electron chi connectivity index (χ0n) is 9.17. The van der Waals surface area contributed by atoms with E-state index in [2.05, 4.69) is 62.3 Å². The molecule has 0 aliphatic heterocycles. The van der Waals surface area contributed by atoms with Gasteiger partial charge in [-0.15, -0.1) is 11.3 Å². The van der Waals surface area contributed by atoms with Crippen LogP contribution in [0.4, 0.5) is 0 Å². The highest BCUT2D eigenvalue weighted by atomic mass is 127. The zero-order valence-corrected chi connectivity index (χ0v) is 14.5. The molecule has 2 aromatic heterocycles. The van der Waals surface area contributed by atoms with Crippen molar-refractivity contribution >= 4 is 61.5 Å². The van der Waals surface area contributed by atoms with E-state index >= 15 is 0 Å². The fourth-order valence-electron chi connectivity index (χ4n) is 1.36. The number of halogens is 3. The van der Waals surface area contributed by atoms with Crippen molar-refractivity contribution in [2.24, 2.45) is 0 Å². The van der Waals surface area contributed by atoms with Crippen LogP contribution in [0, 0.1) is 3.57 Å². The third kappa shape index (κ3) is 3.00. The predicted octanol–water partition coefficient (Wildman–Crippen LogP) is 5.35. The topological polar surface area (TPSA) is 25.8 Å². The number of hydrogen-bond acceptors (Lipinski definition) is 3. The van der Waals surface area contributed by atoms with Gasteiger partial charge in [0.1, 0.15) is 5.15 Å². The summed E-state index contributed by atoms with van der Waals surface area (Å²) in [6.07, 6.45) is 0. The van der Waals surface area contributed by atoms with Crippen molar-refractivity contribution in [3.05, 3.63) is 30.3 Å². The maximum atomic E-state index is 6.15. The summed E-state index contributed by atoms with van der Waals surface area (Å²) < 4.78 is 1.99. The van der Waals surface area contributed by atoms with Gasteiger partial charge >= 0.3 is 0 Å². The van der Waals surface area contributed by atoms with E-state index in [1.54, 1.807) is 11.3 Å². The van der Waals surface area contributed by atoms with E-state index in [1.165, 1.54) is 0 Å². The van der Waals surface area contributed by atoms with Gasteiger partial charge in [0.2, 0.25) is 0 Å². The predicted molar refractivity (Wildman–Crippen MR) is 84.9 cm³/mol. The Hall–Kier alpha value is 0.280. The molecule has 0 radical (unpaired) electrons. The molecule has 6 heteroatoms. The largest absolute Gasteiger partial charge is 0.231 e. The van der Waals surface area contributed by atoms with E-state index in [1.807, 2.05) is 11.4 Å². The molecule has 0 amide bonds. The van der Waals surface area contributed by atoms with Crippen molar-refractivity contribution in [2.75, 3.05) is 0 Å². The zero-order chi connectivity index (χ0) is 12.6. The minimum absolute atomic E-state index is 0.338. The smallest absolute Gasteiger partial charge is 0.171 e. The number of thiophene rings is 1. The summed E-state index contributed by atoms with van der Waals surface area (Å²) in [5, 5.41) is 2.54. The summed E-state index contributed by atoms with van der Waals surface area (Å²) in [7, 11) is 0. The van der Waals surface area contributed by atoms with E-state index in [9.17, 15) is 0 Å². The van der Waals surface area contributed by atoms with Crippen LogP contribution in [-0.4, -0.2) is 9.97 Å². The van der Waals surface area contributed by atoms with Crippen LogP contribution in [0.1, 0.15) is 25.5 Å². The molecule has 0 N–H and O–H groups in total. The van der Waals surface area contributed by atoms with E-state index in [4.69, 9.17) is 11.6 Å². The minimum Gasteiger partial charge on any atom is -0.231 e. The Kier molecular flexibility index (Phi) is 4.44. The second-order valence-electron chi connectivity index (χ2n) is 3.82. The highest BCUT2D eigenvalue weighted by molar-refractivity contribution is 14.1. The summed E-state index contributed by atoms with van der Waals surface area (Å²) in [4.78, 5) is 9.96. The summed E-state index contributed by atoms with van der Waals surface area (Å²) in [5.74, 6) is 1.04. The van der Waals surface area contributed by atoms with Gasteiger partial charge in [0.15, 0.2) is 5.82 Å². The molecule has 0 aliphatic rings. The second-order valence-corrected chi connectivity index (χ2v) is 7.08. The lowest BCUT2D eigenvalue weighted by Gasteiger charge is -2.09. The molecular formula is C11H9BrClIN2S. The van der Waals surface area contributed by atoms with Crippen LogP contribution in [0.2, 0.25) is 5.15 Å². The lowest BCUT2D eigenvalue weighted by molar-refractivity contribution is 0.809. The van der Waals surface area contributed by atoms with Crippen LogP contribution < -0.4 is 0 Å². The highest BCUT2D eigenvalue weighted by Crippen LogP contribution is 2.32. The van der Waals surface area contributed by atoms with Gasteiger partial charge in [0, 0.05) is 9.85 Å².